The number of H-pyrrole nitrogens is 1. The van der Waals surface area contributed by atoms with Gasteiger partial charge in [0.05, 0.1) is 16.6 Å². The molecule has 4 N–H and O–H groups in total. The van der Waals surface area contributed by atoms with Crippen LogP contribution in [-0.2, 0) is 11.2 Å². The van der Waals surface area contributed by atoms with E-state index in [1.807, 2.05) is 61.6 Å². The largest absolute Gasteiger partial charge is 0.508 e. The van der Waals surface area contributed by atoms with Crippen molar-refractivity contribution in [2.45, 2.75) is 38.2 Å². The number of phenolic OH excluding ortho intramolecular Hbond substituents is 2. The molecule has 0 saturated carbocycles. The third kappa shape index (κ3) is 10.1. The topological polar surface area (TPSA) is 160 Å². The number of unbranched alkanes of at least 4 members (excludes halogenated alkanes) is 2. The van der Waals surface area contributed by atoms with E-state index in [0.29, 0.717) is 85.5 Å². The van der Waals surface area contributed by atoms with Gasteiger partial charge in [-0.3, -0.25) is 14.4 Å². The molecule has 2 amide bonds. The van der Waals surface area contributed by atoms with Crippen LogP contribution in [0.1, 0.15) is 64.5 Å². The average molecular weight is 884 g/mol. The van der Waals surface area contributed by atoms with Crippen molar-refractivity contribution in [1.82, 2.24) is 24.9 Å². The Morgan fingerprint density at radius 1 is 0.828 bits per heavy atom. The quantitative estimate of drug-likeness (QED) is 0.0709. The van der Waals surface area contributed by atoms with Crippen molar-refractivity contribution >= 4 is 44.0 Å². The van der Waals surface area contributed by atoms with Crippen molar-refractivity contribution in [2.24, 2.45) is 0 Å². The van der Waals surface area contributed by atoms with Crippen LogP contribution in [0.25, 0.3) is 31.3 Å². The Labute approximate surface area is 373 Å². The van der Waals surface area contributed by atoms with Crippen molar-refractivity contribution in [3.05, 3.63) is 153 Å². The lowest BCUT2D eigenvalue weighted by Crippen LogP contribution is -2.50. The van der Waals surface area contributed by atoms with Crippen LogP contribution in [0.5, 0.6) is 17.2 Å². The third-order valence-electron chi connectivity index (χ3n) is 11.8. The third-order valence-corrected chi connectivity index (χ3v) is 13.0. The molecule has 1 aliphatic rings. The number of aliphatic hydroxyl groups excluding tert-OH is 1. The number of carbonyl (C=O) groups excluding carboxylic acids is 2. The summed E-state index contributed by atoms with van der Waals surface area (Å²) in [5.74, 6) is 0.0416. The number of aromatic hydroxyl groups is 2. The molecule has 330 valence electrons. The van der Waals surface area contributed by atoms with E-state index in [9.17, 15) is 34.1 Å². The maximum atomic E-state index is 15.0. The minimum absolute atomic E-state index is 0.0250. The van der Waals surface area contributed by atoms with Gasteiger partial charge in [0.15, 0.2) is 0 Å². The number of carbonyl (C=O) groups is 2. The molecule has 1 atom stereocenters. The molecule has 14 heteroatoms. The molecule has 1 saturated heterocycles. The molecule has 64 heavy (non-hydrogen) atoms. The first-order valence-corrected chi connectivity index (χ1v) is 22.3. The molecule has 1 aliphatic heterocycles. The number of hydrogen-bond acceptors (Lipinski definition) is 10. The number of nitrogens with zero attached hydrogens (tertiary/aromatic N) is 4. The highest BCUT2D eigenvalue weighted by molar-refractivity contribution is 7.22. The summed E-state index contributed by atoms with van der Waals surface area (Å²) in [4.78, 5) is 45.1. The molecule has 8 rings (SSSR count). The van der Waals surface area contributed by atoms with E-state index < -0.39 is 17.8 Å². The maximum absolute atomic E-state index is 15.0. The highest BCUT2D eigenvalue weighted by Crippen LogP contribution is 2.45. The first-order chi connectivity index (χ1) is 31.0. The first-order valence-electron chi connectivity index (χ1n) is 21.5. The van der Waals surface area contributed by atoms with Crippen molar-refractivity contribution in [3.63, 3.8) is 0 Å². The molecule has 7 aromatic rings. The monoisotopic (exact) mass is 883 g/mol. The fourth-order valence-electron chi connectivity index (χ4n) is 8.22. The standard InChI is InChI=1S/C50H50FN5O7S/c1-54(27-28-63-37-18-13-33(14-19-37)47(60)46-40-20-17-36(58)31-44(40)64-48(46)34-11-15-35(57)16-12-34)22-6-2-3-9-45(59)55-23-25-56(26-24-55)50(62)41-29-32(10-21-42(41)51)30-43-38-7-4-5-8-39(38)49(61)53-52-43/h4-5,7-8,10-21,29,31,47,57-58,60H,2-3,6,9,22-28,30H2,1H3,(H,53,61). The summed E-state index contributed by atoms with van der Waals surface area (Å²) in [6.07, 6.45) is 2.40. The number of ether oxygens (including phenoxy) is 1. The van der Waals surface area contributed by atoms with Crippen molar-refractivity contribution < 1.29 is 34.0 Å². The molecule has 0 bridgehead atoms. The van der Waals surface area contributed by atoms with Gasteiger partial charge in [0.25, 0.3) is 11.5 Å². The fraction of sp³-hybridized carbons (Fsp3) is 0.280. The minimum atomic E-state index is -0.927. The van der Waals surface area contributed by atoms with Gasteiger partial charge >= 0.3 is 0 Å². The lowest BCUT2D eigenvalue weighted by Gasteiger charge is -2.35. The number of hydrogen-bond donors (Lipinski definition) is 4. The minimum Gasteiger partial charge on any atom is -0.508 e. The van der Waals surface area contributed by atoms with Crippen LogP contribution >= 0.6 is 11.3 Å². The van der Waals surface area contributed by atoms with Crippen LogP contribution in [0, 0.1) is 5.82 Å². The molecule has 3 heterocycles. The van der Waals surface area contributed by atoms with Crippen LogP contribution in [0.2, 0.25) is 0 Å². The van der Waals surface area contributed by atoms with Gasteiger partial charge in [0.2, 0.25) is 5.91 Å². The molecule has 0 radical (unpaired) electrons. The summed E-state index contributed by atoms with van der Waals surface area (Å²) in [7, 11) is 2.04. The number of halogens is 1. The molecule has 0 aliphatic carbocycles. The number of aliphatic hydroxyl groups is 1. The van der Waals surface area contributed by atoms with Gasteiger partial charge in [-0.15, -0.1) is 11.3 Å². The molecule has 1 fully saturated rings. The lowest BCUT2D eigenvalue weighted by atomic mass is 9.96. The summed E-state index contributed by atoms with van der Waals surface area (Å²) >= 11 is 1.48. The number of aromatic amines is 1. The summed E-state index contributed by atoms with van der Waals surface area (Å²) in [5.41, 5.74) is 3.31. The Hall–Kier alpha value is -6.61. The normalized spacial score (nSPS) is 13.5. The molecule has 2 aromatic heterocycles. The summed E-state index contributed by atoms with van der Waals surface area (Å²) in [5, 5.41) is 40.4. The Kier molecular flexibility index (Phi) is 13.6. The predicted octanol–water partition coefficient (Wildman–Crippen LogP) is 7.88. The molecule has 1 unspecified atom stereocenters. The smallest absolute Gasteiger partial charge is 0.272 e. The van der Waals surface area contributed by atoms with Crippen LogP contribution in [0.15, 0.2) is 114 Å². The van der Waals surface area contributed by atoms with Gasteiger partial charge in [0, 0.05) is 66.1 Å². The van der Waals surface area contributed by atoms with Gasteiger partial charge in [-0.25, -0.2) is 9.49 Å². The summed E-state index contributed by atoms with van der Waals surface area (Å²) in [6.45, 7) is 3.49. The van der Waals surface area contributed by atoms with E-state index in [1.165, 1.54) is 17.4 Å². The van der Waals surface area contributed by atoms with Crippen molar-refractivity contribution in [2.75, 3.05) is 52.9 Å². The van der Waals surface area contributed by atoms with Crippen molar-refractivity contribution in [1.29, 1.82) is 0 Å². The second-order valence-corrected chi connectivity index (χ2v) is 17.3. The molecule has 5 aromatic carbocycles. The number of benzene rings is 5. The Morgan fingerprint density at radius 3 is 2.31 bits per heavy atom. The Balaban J connectivity index is 0.740. The zero-order chi connectivity index (χ0) is 44.7. The zero-order valence-electron chi connectivity index (χ0n) is 35.5. The molecule has 12 nitrogen and oxygen atoms in total. The van der Waals surface area contributed by atoms with Gasteiger partial charge in [0.1, 0.15) is 35.8 Å². The number of phenols is 2. The van der Waals surface area contributed by atoms with Crippen LogP contribution in [-0.4, -0.2) is 105 Å². The second-order valence-electron chi connectivity index (χ2n) is 16.2. The number of aromatic nitrogens is 2. The highest BCUT2D eigenvalue weighted by Gasteiger charge is 2.27. The van der Waals surface area contributed by atoms with Gasteiger partial charge in [-0.05, 0) is 121 Å². The highest BCUT2D eigenvalue weighted by atomic mass is 32.1. The fourth-order valence-corrected chi connectivity index (χ4v) is 9.49. The van der Waals surface area contributed by atoms with Gasteiger partial charge in [-0.1, -0.05) is 42.8 Å². The second kappa shape index (κ2) is 19.8. The van der Waals surface area contributed by atoms with Crippen LogP contribution in [0.4, 0.5) is 4.39 Å². The van der Waals surface area contributed by atoms with Crippen LogP contribution < -0.4 is 10.3 Å². The number of nitrogens with one attached hydrogen (secondary N) is 1. The van der Waals surface area contributed by atoms with E-state index in [0.717, 1.165) is 51.9 Å². The molecular weight excluding hydrogens is 834 g/mol. The number of fused-ring (bicyclic) bond motifs is 2. The van der Waals surface area contributed by atoms with E-state index in [-0.39, 0.29) is 28.5 Å². The molecule has 0 spiro atoms. The lowest BCUT2D eigenvalue weighted by molar-refractivity contribution is -0.132. The maximum Gasteiger partial charge on any atom is 0.272 e. The number of likely N-dealkylation sites (N-methyl/N-ethyl adjacent to an activating group) is 1. The number of rotatable bonds is 16. The Morgan fingerprint density at radius 2 is 1.55 bits per heavy atom. The van der Waals surface area contributed by atoms with Crippen molar-refractivity contribution in [3.8, 4) is 27.7 Å². The number of piperazine rings is 1. The zero-order valence-corrected chi connectivity index (χ0v) is 36.3. The van der Waals surface area contributed by atoms with E-state index in [2.05, 4.69) is 15.1 Å². The SMILES string of the molecule is CN(CCCCCC(=O)N1CCN(C(=O)c2cc(Cc3n[nH]c(=O)c4ccccc34)ccc2F)CC1)CCOc1ccc(C(O)c2c(-c3ccc(O)cc3)sc3cc(O)ccc23)cc1. The van der Waals surface area contributed by atoms with E-state index >= 15 is 0 Å². The van der Waals surface area contributed by atoms with E-state index in [4.69, 9.17) is 4.74 Å². The van der Waals surface area contributed by atoms with E-state index in [1.54, 1.807) is 58.3 Å². The van der Waals surface area contributed by atoms with Gasteiger partial charge in [-0.2, -0.15) is 5.10 Å². The average Bonchev–Trinajstić information content (AvgIpc) is 3.69. The predicted molar refractivity (Wildman–Crippen MR) is 247 cm³/mol. The summed E-state index contributed by atoms with van der Waals surface area (Å²) in [6, 6.07) is 31.0. The van der Waals surface area contributed by atoms with Gasteiger partial charge < -0.3 is 34.8 Å². The number of thiophene rings is 1. The number of amides is 2. The summed E-state index contributed by atoms with van der Waals surface area (Å²) < 4.78 is 21.9. The van der Waals surface area contributed by atoms with Crippen LogP contribution in [0.3, 0.4) is 0 Å². The molecular formula is C50H50FN5O7S. The first kappa shape index (κ1) is 44.0. The Bertz CT molecular complexity index is 2820.